The van der Waals surface area contributed by atoms with Gasteiger partial charge in [0.1, 0.15) is 0 Å². The van der Waals surface area contributed by atoms with Gasteiger partial charge in [-0.05, 0) is 67.2 Å². The van der Waals surface area contributed by atoms with Crippen LogP contribution in [0.25, 0.3) is 0 Å². The molecule has 0 unspecified atom stereocenters. The van der Waals surface area contributed by atoms with Gasteiger partial charge in [-0.15, -0.1) is 0 Å². The van der Waals surface area contributed by atoms with Gasteiger partial charge in [0, 0.05) is 45.1 Å². The lowest BCUT2D eigenvalue weighted by Gasteiger charge is -2.43. The summed E-state index contributed by atoms with van der Waals surface area (Å²) in [5.41, 5.74) is 0.484. The fourth-order valence-corrected chi connectivity index (χ4v) is 7.55. The molecule has 0 spiro atoms. The SMILES string of the molecule is CC(C)(C)N(SSN(C1CCCC1)C(C)(C)C)C1CCCC1. The molecule has 2 nitrogen and oxygen atoms in total. The molecule has 22 heavy (non-hydrogen) atoms. The van der Waals surface area contributed by atoms with Crippen molar-refractivity contribution in [1.82, 2.24) is 8.61 Å². The maximum absolute atomic E-state index is 2.69. The largest absolute Gasteiger partial charge is 0.232 e. The lowest BCUT2D eigenvalue weighted by Crippen LogP contribution is -2.44. The zero-order valence-electron chi connectivity index (χ0n) is 15.5. The van der Waals surface area contributed by atoms with Crippen molar-refractivity contribution in [3.8, 4) is 0 Å². The van der Waals surface area contributed by atoms with E-state index in [0.717, 1.165) is 12.1 Å². The predicted molar refractivity (Wildman–Crippen MR) is 103 cm³/mol. The standard InChI is InChI=1S/C18H36N2S2/c1-17(2,3)19(15-11-7-8-12-15)21-22-20(18(4,5)6)16-13-9-10-14-16/h15-16H,7-14H2,1-6H3. The first kappa shape index (κ1) is 19.0. The third-order valence-corrected chi connectivity index (χ3v) is 8.07. The van der Waals surface area contributed by atoms with Gasteiger partial charge >= 0.3 is 0 Å². The van der Waals surface area contributed by atoms with Crippen molar-refractivity contribution in [1.29, 1.82) is 0 Å². The van der Waals surface area contributed by atoms with Crippen LogP contribution in [0.3, 0.4) is 0 Å². The average molecular weight is 345 g/mol. The van der Waals surface area contributed by atoms with Gasteiger partial charge in [-0.25, -0.2) is 8.61 Å². The van der Waals surface area contributed by atoms with Gasteiger partial charge < -0.3 is 0 Å². The second-order valence-electron chi connectivity index (χ2n) is 9.02. The second kappa shape index (κ2) is 7.67. The van der Waals surface area contributed by atoms with Gasteiger partial charge in [-0.1, -0.05) is 25.7 Å². The molecular weight excluding hydrogens is 308 g/mol. The van der Waals surface area contributed by atoms with Crippen LogP contribution in [0.15, 0.2) is 0 Å². The Balaban J connectivity index is 2.01. The minimum Gasteiger partial charge on any atom is -0.232 e. The molecule has 0 amide bonds. The molecule has 0 bridgehead atoms. The summed E-state index contributed by atoms with van der Waals surface area (Å²) in [7, 11) is 4.05. The van der Waals surface area contributed by atoms with E-state index in [1.165, 1.54) is 51.4 Å². The highest BCUT2D eigenvalue weighted by molar-refractivity contribution is 8.74. The zero-order valence-corrected chi connectivity index (χ0v) is 17.2. The summed E-state index contributed by atoms with van der Waals surface area (Å²) in [5.74, 6) is 0. The van der Waals surface area contributed by atoms with Crippen molar-refractivity contribution in [2.45, 2.75) is 116 Å². The van der Waals surface area contributed by atoms with E-state index in [1.54, 1.807) is 0 Å². The quantitative estimate of drug-likeness (QED) is 0.427. The van der Waals surface area contributed by atoms with E-state index in [0.29, 0.717) is 0 Å². The molecular formula is C18H36N2S2. The summed E-state index contributed by atoms with van der Waals surface area (Å²) < 4.78 is 5.39. The molecule has 0 aromatic carbocycles. The molecule has 2 saturated carbocycles. The van der Waals surface area contributed by atoms with E-state index in [4.69, 9.17) is 0 Å². The molecule has 2 aliphatic carbocycles. The number of hydrogen-bond donors (Lipinski definition) is 0. The van der Waals surface area contributed by atoms with E-state index in [-0.39, 0.29) is 11.1 Å². The van der Waals surface area contributed by atoms with Crippen molar-refractivity contribution < 1.29 is 0 Å². The van der Waals surface area contributed by atoms with E-state index >= 15 is 0 Å². The molecule has 2 fully saturated rings. The third kappa shape index (κ3) is 5.06. The van der Waals surface area contributed by atoms with Crippen LogP contribution in [0.4, 0.5) is 0 Å². The van der Waals surface area contributed by atoms with E-state index in [1.807, 2.05) is 22.0 Å². The van der Waals surface area contributed by atoms with E-state index in [9.17, 15) is 0 Å². The van der Waals surface area contributed by atoms with Crippen molar-refractivity contribution in [2.24, 2.45) is 0 Å². The highest BCUT2D eigenvalue weighted by Gasteiger charge is 2.36. The summed E-state index contributed by atoms with van der Waals surface area (Å²) in [6, 6.07) is 1.53. The van der Waals surface area contributed by atoms with Crippen LogP contribution < -0.4 is 0 Å². The van der Waals surface area contributed by atoms with Crippen LogP contribution in [0.2, 0.25) is 0 Å². The Kier molecular flexibility index (Phi) is 6.61. The Morgan fingerprint density at radius 1 is 0.591 bits per heavy atom. The van der Waals surface area contributed by atoms with Crippen LogP contribution in [0.5, 0.6) is 0 Å². The first-order valence-corrected chi connectivity index (χ1v) is 11.2. The van der Waals surface area contributed by atoms with Crippen molar-refractivity contribution >= 4 is 22.0 Å². The summed E-state index contributed by atoms with van der Waals surface area (Å²) >= 11 is 0. The molecule has 0 saturated heterocycles. The first-order chi connectivity index (χ1) is 10.2. The lowest BCUT2D eigenvalue weighted by atomic mass is 10.1. The van der Waals surface area contributed by atoms with Crippen molar-refractivity contribution in [2.75, 3.05) is 0 Å². The lowest BCUT2D eigenvalue weighted by molar-refractivity contribution is 0.207. The molecule has 0 radical (unpaired) electrons. The predicted octanol–water partition coefficient (Wildman–Crippen LogP) is 6.28. The zero-order chi connectivity index (χ0) is 16.4. The molecule has 2 aliphatic rings. The van der Waals surface area contributed by atoms with Crippen LogP contribution in [-0.2, 0) is 0 Å². The summed E-state index contributed by atoms with van der Waals surface area (Å²) in [6.45, 7) is 14.2. The Labute approximate surface area is 146 Å². The summed E-state index contributed by atoms with van der Waals surface area (Å²) in [6.07, 6.45) is 11.2. The monoisotopic (exact) mass is 344 g/mol. The summed E-state index contributed by atoms with van der Waals surface area (Å²) in [5, 5.41) is 0. The smallest absolute Gasteiger partial charge is 0.0240 e. The van der Waals surface area contributed by atoms with Crippen molar-refractivity contribution in [3.63, 3.8) is 0 Å². The minimum atomic E-state index is 0.242. The minimum absolute atomic E-state index is 0.242. The third-order valence-electron chi connectivity index (χ3n) is 4.83. The molecule has 0 aromatic heterocycles. The first-order valence-electron chi connectivity index (χ1n) is 9.13. The van der Waals surface area contributed by atoms with E-state index in [2.05, 4.69) is 50.2 Å². The average Bonchev–Trinajstić information content (AvgIpc) is 3.04. The van der Waals surface area contributed by atoms with Gasteiger partial charge in [0.15, 0.2) is 0 Å². The highest BCUT2D eigenvalue weighted by Crippen LogP contribution is 2.45. The number of rotatable bonds is 5. The topological polar surface area (TPSA) is 6.48 Å². The molecule has 130 valence electrons. The van der Waals surface area contributed by atoms with Crippen LogP contribution in [0.1, 0.15) is 92.9 Å². The number of nitrogens with zero attached hydrogens (tertiary/aromatic N) is 2. The molecule has 0 aromatic rings. The van der Waals surface area contributed by atoms with Gasteiger partial charge in [0.25, 0.3) is 0 Å². The van der Waals surface area contributed by atoms with E-state index < -0.39 is 0 Å². The maximum Gasteiger partial charge on any atom is 0.0240 e. The molecule has 4 heteroatoms. The Hall–Kier alpha value is 0.620. The Morgan fingerprint density at radius 2 is 0.864 bits per heavy atom. The molecule has 2 rings (SSSR count). The Morgan fingerprint density at radius 3 is 1.09 bits per heavy atom. The molecule has 0 heterocycles. The molecule has 0 aliphatic heterocycles. The van der Waals surface area contributed by atoms with Gasteiger partial charge in [-0.2, -0.15) is 0 Å². The highest BCUT2D eigenvalue weighted by atomic mass is 33.1. The van der Waals surface area contributed by atoms with Gasteiger partial charge in [0.2, 0.25) is 0 Å². The number of hydrogen-bond acceptors (Lipinski definition) is 4. The van der Waals surface area contributed by atoms with Crippen LogP contribution >= 0.6 is 22.0 Å². The maximum atomic E-state index is 2.69. The molecule has 0 atom stereocenters. The fraction of sp³-hybridized carbons (Fsp3) is 1.00. The van der Waals surface area contributed by atoms with Gasteiger partial charge in [-0.3, -0.25) is 0 Å². The normalized spacial score (nSPS) is 22.4. The van der Waals surface area contributed by atoms with Crippen LogP contribution in [0, 0.1) is 0 Å². The van der Waals surface area contributed by atoms with Crippen molar-refractivity contribution in [3.05, 3.63) is 0 Å². The summed E-state index contributed by atoms with van der Waals surface area (Å²) in [4.78, 5) is 0. The Bertz CT molecular complexity index is 300. The van der Waals surface area contributed by atoms with Gasteiger partial charge in [0.05, 0.1) is 0 Å². The molecule has 0 N–H and O–H groups in total. The fourth-order valence-electron chi connectivity index (χ4n) is 3.79. The van der Waals surface area contributed by atoms with Crippen LogP contribution in [-0.4, -0.2) is 31.8 Å². The second-order valence-corrected chi connectivity index (χ2v) is 11.0.